The molecule has 2 N–H and O–H groups in total. The van der Waals surface area contributed by atoms with Crippen molar-refractivity contribution in [1.29, 1.82) is 0 Å². The van der Waals surface area contributed by atoms with Crippen LogP contribution in [0.5, 0.6) is 5.75 Å². The Morgan fingerprint density at radius 3 is 2.70 bits per heavy atom. The molecule has 1 fully saturated rings. The van der Waals surface area contributed by atoms with E-state index in [9.17, 15) is 13.2 Å². The molecule has 8 nitrogen and oxygen atoms in total. The fourth-order valence-corrected chi connectivity index (χ4v) is 4.07. The Bertz CT molecular complexity index is 845. The molecule has 2 heterocycles. The van der Waals surface area contributed by atoms with Crippen LogP contribution in [0.3, 0.4) is 0 Å². The number of aromatic amines is 1. The largest absolute Gasteiger partial charge is 0.494 e. The molecule has 27 heavy (non-hydrogen) atoms. The second kappa shape index (κ2) is 9.03. The van der Waals surface area contributed by atoms with Crippen molar-refractivity contribution in [1.82, 2.24) is 14.6 Å². The number of sulfonamides is 1. The molecule has 1 aliphatic rings. The number of benzene rings is 1. The molecule has 0 radical (unpaired) electrons. The lowest BCUT2D eigenvalue weighted by molar-refractivity contribution is 0.0730. The Hall–Kier alpha value is -2.36. The molecular formula is C18H23N3O5S. The standard InChI is InChI=1S/C18H23N3O5S/c22-18(19-7-4-10-26-15-5-2-1-3-6-15)17-13-16(14-20-17)27(23,24)21-8-11-25-12-9-21/h1-3,5-6,13-14,20H,4,7-12H2,(H,19,22). The zero-order valence-electron chi connectivity index (χ0n) is 14.9. The first-order valence-electron chi connectivity index (χ1n) is 8.80. The molecule has 3 rings (SSSR count). The predicted molar refractivity (Wildman–Crippen MR) is 99.3 cm³/mol. The lowest BCUT2D eigenvalue weighted by atomic mass is 10.3. The minimum absolute atomic E-state index is 0.0851. The Morgan fingerprint density at radius 2 is 1.96 bits per heavy atom. The molecule has 1 aliphatic heterocycles. The molecule has 0 aliphatic carbocycles. The van der Waals surface area contributed by atoms with Crippen molar-refractivity contribution in [3.8, 4) is 5.75 Å². The zero-order valence-corrected chi connectivity index (χ0v) is 15.7. The fraction of sp³-hybridized carbons (Fsp3) is 0.389. The summed E-state index contributed by atoms with van der Waals surface area (Å²) in [5.74, 6) is 0.435. The van der Waals surface area contributed by atoms with Crippen molar-refractivity contribution in [2.45, 2.75) is 11.3 Å². The van der Waals surface area contributed by atoms with Crippen LogP contribution in [0.25, 0.3) is 0 Å². The maximum absolute atomic E-state index is 12.6. The van der Waals surface area contributed by atoms with Gasteiger partial charge in [-0.25, -0.2) is 8.42 Å². The van der Waals surface area contributed by atoms with Crippen molar-refractivity contribution in [2.75, 3.05) is 39.5 Å². The number of carbonyl (C=O) groups is 1. The molecule has 146 valence electrons. The second-order valence-electron chi connectivity index (χ2n) is 6.04. The summed E-state index contributed by atoms with van der Waals surface area (Å²) in [6.45, 7) is 2.29. The summed E-state index contributed by atoms with van der Waals surface area (Å²) < 4.78 is 37.2. The van der Waals surface area contributed by atoms with E-state index >= 15 is 0 Å². The Balaban J connectivity index is 1.46. The van der Waals surface area contributed by atoms with Gasteiger partial charge in [0.2, 0.25) is 10.0 Å². The highest BCUT2D eigenvalue weighted by atomic mass is 32.2. The minimum Gasteiger partial charge on any atom is -0.494 e. The van der Waals surface area contributed by atoms with Crippen molar-refractivity contribution in [3.05, 3.63) is 48.3 Å². The van der Waals surface area contributed by atoms with Gasteiger partial charge in [0.05, 0.1) is 19.8 Å². The first-order chi connectivity index (χ1) is 13.1. The Labute approximate surface area is 158 Å². The molecule has 1 aromatic heterocycles. The van der Waals surface area contributed by atoms with Gasteiger partial charge in [-0.2, -0.15) is 4.31 Å². The number of aromatic nitrogens is 1. The van der Waals surface area contributed by atoms with E-state index in [2.05, 4.69) is 10.3 Å². The van der Waals surface area contributed by atoms with E-state index in [1.165, 1.54) is 16.6 Å². The second-order valence-corrected chi connectivity index (χ2v) is 7.97. The zero-order chi connectivity index (χ0) is 19.1. The molecule has 1 aromatic carbocycles. The normalized spacial score (nSPS) is 15.4. The molecule has 2 aromatic rings. The lowest BCUT2D eigenvalue weighted by Crippen LogP contribution is -2.40. The third-order valence-electron chi connectivity index (χ3n) is 4.13. The van der Waals surface area contributed by atoms with Crippen LogP contribution in [0, 0.1) is 0 Å². The monoisotopic (exact) mass is 393 g/mol. The lowest BCUT2D eigenvalue weighted by Gasteiger charge is -2.25. The summed E-state index contributed by atoms with van der Waals surface area (Å²) in [6, 6.07) is 10.8. The van der Waals surface area contributed by atoms with Gasteiger partial charge in [-0.05, 0) is 24.6 Å². The smallest absolute Gasteiger partial charge is 0.267 e. The maximum Gasteiger partial charge on any atom is 0.267 e. The maximum atomic E-state index is 12.6. The van der Waals surface area contributed by atoms with Crippen LogP contribution in [0.4, 0.5) is 0 Å². The molecular weight excluding hydrogens is 370 g/mol. The third-order valence-corrected chi connectivity index (χ3v) is 6.00. The highest BCUT2D eigenvalue weighted by Gasteiger charge is 2.27. The number of hydrogen-bond donors (Lipinski definition) is 2. The minimum atomic E-state index is -3.61. The van der Waals surface area contributed by atoms with Crippen molar-refractivity contribution in [2.24, 2.45) is 0 Å². The average molecular weight is 393 g/mol. The predicted octanol–water partition coefficient (Wildman–Crippen LogP) is 1.23. The summed E-state index contributed by atoms with van der Waals surface area (Å²) >= 11 is 0. The SMILES string of the molecule is O=C(NCCCOc1ccccc1)c1cc(S(=O)(=O)N2CCOCC2)c[nH]1. The van der Waals surface area contributed by atoms with Gasteiger partial charge in [0.25, 0.3) is 5.91 Å². The highest BCUT2D eigenvalue weighted by molar-refractivity contribution is 7.89. The molecule has 1 saturated heterocycles. The van der Waals surface area contributed by atoms with Crippen LogP contribution in [0.2, 0.25) is 0 Å². The van der Waals surface area contributed by atoms with E-state index in [1.807, 2.05) is 30.3 Å². The van der Waals surface area contributed by atoms with Crippen LogP contribution >= 0.6 is 0 Å². The van der Waals surface area contributed by atoms with Gasteiger partial charge < -0.3 is 19.8 Å². The number of carbonyl (C=O) groups excluding carboxylic acids is 1. The quantitative estimate of drug-likeness (QED) is 0.657. The van der Waals surface area contributed by atoms with Gasteiger partial charge in [0.1, 0.15) is 16.3 Å². The third kappa shape index (κ3) is 5.09. The first kappa shape index (κ1) is 19.4. The first-order valence-corrected chi connectivity index (χ1v) is 10.2. The summed E-state index contributed by atoms with van der Waals surface area (Å²) in [6.07, 6.45) is 1.98. The Morgan fingerprint density at radius 1 is 1.22 bits per heavy atom. The topological polar surface area (TPSA) is 101 Å². The highest BCUT2D eigenvalue weighted by Crippen LogP contribution is 2.18. The number of amides is 1. The summed E-state index contributed by atoms with van der Waals surface area (Å²) in [5.41, 5.74) is 0.214. The molecule has 0 saturated carbocycles. The summed E-state index contributed by atoms with van der Waals surface area (Å²) in [5, 5.41) is 2.75. The van der Waals surface area contributed by atoms with Gasteiger partial charge in [-0.3, -0.25) is 4.79 Å². The van der Waals surface area contributed by atoms with E-state index in [-0.39, 0.29) is 16.5 Å². The molecule has 0 unspecified atom stereocenters. The Kier molecular flexibility index (Phi) is 6.49. The molecule has 1 amide bonds. The molecule has 0 atom stereocenters. The van der Waals surface area contributed by atoms with Crippen molar-refractivity contribution < 1.29 is 22.7 Å². The number of morpholine rings is 1. The number of hydrogen-bond acceptors (Lipinski definition) is 5. The summed E-state index contributed by atoms with van der Waals surface area (Å²) in [4.78, 5) is 15.0. The van der Waals surface area contributed by atoms with E-state index < -0.39 is 10.0 Å². The average Bonchev–Trinajstić information content (AvgIpc) is 3.20. The van der Waals surface area contributed by atoms with Crippen molar-refractivity contribution >= 4 is 15.9 Å². The number of nitrogens with zero attached hydrogens (tertiary/aromatic N) is 1. The van der Waals surface area contributed by atoms with Gasteiger partial charge in [0.15, 0.2) is 0 Å². The van der Waals surface area contributed by atoms with Crippen LogP contribution in [-0.4, -0.2) is 63.1 Å². The van der Waals surface area contributed by atoms with Gasteiger partial charge in [0, 0.05) is 25.8 Å². The number of H-pyrrole nitrogens is 1. The van der Waals surface area contributed by atoms with E-state index in [4.69, 9.17) is 9.47 Å². The number of nitrogens with one attached hydrogen (secondary N) is 2. The van der Waals surface area contributed by atoms with Crippen LogP contribution < -0.4 is 10.1 Å². The fourth-order valence-electron chi connectivity index (χ4n) is 2.67. The van der Waals surface area contributed by atoms with Crippen LogP contribution in [0.1, 0.15) is 16.9 Å². The van der Waals surface area contributed by atoms with Gasteiger partial charge in [-0.15, -0.1) is 0 Å². The molecule has 9 heteroatoms. The number of rotatable bonds is 8. The van der Waals surface area contributed by atoms with Crippen LogP contribution in [0.15, 0.2) is 47.5 Å². The molecule has 0 bridgehead atoms. The van der Waals surface area contributed by atoms with E-state index in [1.54, 1.807) is 0 Å². The van der Waals surface area contributed by atoms with Crippen molar-refractivity contribution in [3.63, 3.8) is 0 Å². The van der Waals surface area contributed by atoms with E-state index in [0.29, 0.717) is 45.9 Å². The van der Waals surface area contributed by atoms with Gasteiger partial charge in [-0.1, -0.05) is 18.2 Å². The number of ether oxygens (including phenoxy) is 2. The summed E-state index contributed by atoms with van der Waals surface area (Å²) in [7, 11) is -3.61. The van der Waals surface area contributed by atoms with Crippen LogP contribution in [-0.2, 0) is 14.8 Å². The number of para-hydroxylation sites is 1. The molecule has 0 spiro atoms. The van der Waals surface area contributed by atoms with E-state index in [0.717, 1.165) is 5.75 Å². The van der Waals surface area contributed by atoms with Gasteiger partial charge >= 0.3 is 0 Å².